The zero-order valence-corrected chi connectivity index (χ0v) is 38.7. The van der Waals surface area contributed by atoms with E-state index in [2.05, 4.69) is 20.4 Å². The highest BCUT2D eigenvalue weighted by molar-refractivity contribution is 7.94. The number of amides is 2. The maximum atomic E-state index is 16.0. The molecule has 0 unspecified atom stereocenters. The molecule has 0 radical (unpaired) electrons. The molecule has 4 N–H and O–H groups in total. The van der Waals surface area contributed by atoms with Crippen LogP contribution in [0.4, 0.5) is 10.6 Å². The van der Waals surface area contributed by atoms with Crippen molar-refractivity contribution in [3.05, 3.63) is 119 Å². The molecule has 0 atom stereocenters. The van der Waals surface area contributed by atoms with Gasteiger partial charge in [-0.2, -0.15) is 9.10 Å². The van der Waals surface area contributed by atoms with Gasteiger partial charge in [-0.1, -0.05) is 42.5 Å². The molecular weight excluding hydrogens is 891 g/mol. The highest BCUT2D eigenvalue weighted by Gasteiger charge is 2.46. The van der Waals surface area contributed by atoms with Crippen molar-refractivity contribution in [3.63, 3.8) is 0 Å². The van der Waals surface area contributed by atoms with Gasteiger partial charge in [0, 0.05) is 31.7 Å². The maximum absolute atomic E-state index is 16.0. The number of aromatic nitrogens is 5. The summed E-state index contributed by atoms with van der Waals surface area (Å²) in [6.07, 6.45) is -0.719. The molecule has 1 fully saturated rings. The molecule has 1 aliphatic rings. The number of ether oxygens (including phenoxy) is 4. The van der Waals surface area contributed by atoms with Gasteiger partial charge in [0.05, 0.1) is 38.3 Å². The molecule has 1 saturated heterocycles. The Morgan fingerprint density at radius 3 is 1.74 bits per heavy atom. The summed E-state index contributed by atoms with van der Waals surface area (Å²) in [5.41, 5.74) is 12.7. The summed E-state index contributed by atoms with van der Waals surface area (Å²) in [5.74, 6) is 0.319. The zero-order chi connectivity index (χ0) is 47.6. The van der Waals surface area contributed by atoms with Crippen LogP contribution >= 0.6 is 0 Å². The Labute approximate surface area is 382 Å². The number of pyridine rings is 1. The minimum Gasteiger partial charge on any atom is -0.497 e. The van der Waals surface area contributed by atoms with E-state index < -0.39 is 52.5 Å². The number of nitrogens with zero attached hydrogens (tertiary/aromatic N) is 7. The van der Waals surface area contributed by atoms with Crippen LogP contribution in [0, 0.1) is 0 Å². The summed E-state index contributed by atoms with van der Waals surface area (Å²) in [5, 5.41) is 12.0. The number of benzene rings is 4. The van der Waals surface area contributed by atoms with E-state index in [0.717, 1.165) is 9.87 Å². The third kappa shape index (κ3) is 10.1. The van der Waals surface area contributed by atoms with Gasteiger partial charge in [-0.15, -0.1) is 10.2 Å². The molecule has 1 aliphatic heterocycles. The Morgan fingerprint density at radius 2 is 1.26 bits per heavy atom. The SMILES string of the molecule is COc1ccc(CN(Cc2ccc(OC)cc2)S(=O)(=O)c2c(S(=O)(=O)C3CN(C(=O)OC(C)(C)C)C3)ccc(-c3ccc(C(N)=O)nc3N)c2-c2nnn(Cc3ccc(OC)cc3)n2)cc1. The Kier molecular flexibility index (Phi) is 13.3. The molecule has 2 aromatic heterocycles. The molecule has 0 spiro atoms. The highest BCUT2D eigenvalue weighted by Crippen LogP contribution is 2.44. The van der Waals surface area contributed by atoms with E-state index in [0.29, 0.717) is 28.4 Å². The van der Waals surface area contributed by atoms with Gasteiger partial charge in [0.25, 0.3) is 5.91 Å². The molecule has 7 rings (SSSR count). The van der Waals surface area contributed by atoms with Crippen LogP contribution in [0.15, 0.2) is 107 Å². The van der Waals surface area contributed by atoms with Crippen molar-refractivity contribution >= 4 is 37.7 Å². The standard InChI is InChI=1S/C45H49N9O10S2/c1-45(2,3)64-44(56)52-26-34(27-52)65(57,58)38-22-20-35(36-19-21-37(42(47)55)48-41(36)46)39(43-49-51-54(50-43)25-30-11-17-33(63-6)18-12-30)40(38)66(59,60)53(23-28-7-13-31(61-4)14-8-28)24-29-9-15-32(62-5)16-10-29/h7-22,34H,23-27H2,1-6H3,(H2,46,48)(H2,47,55). The third-order valence-corrected chi connectivity index (χ3v) is 14.8. The minimum absolute atomic E-state index is 0.0513. The summed E-state index contributed by atoms with van der Waals surface area (Å²) in [6.45, 7) is 4.09. The second-order valence-corrected chi connectivity index (χ2v) is 20.4. The Morgan fingerprint density at radius 1 is 0.742 bits per heavy atom. The number of hydrogen-bond donors (Lipinski definition) is 2. The van der Waals surface area contributed by atoms with Crippen LogP contribution < -0.4 is 25.7 Å². The minimum atomic E-state index is -5.00. The monoisotopic (exact) mass is 939 g/mol. The molecule has 6 aromatic rings. The predicted molar refractivity (Wildman–Crippen MR) is 243 cm³/mol. The van der Waals surface area contributed by atoms with Crippen molar-refractivity contribution < 1.29 is 45.4 Å². The molecule has 19 nitrogen and oxygen atoms in total. The van der Waals surface area contributed by atoms with E-state index in [1.165, 1.54) is 48.2 Å². The summed E-state index contributed by atoms with van der Waals surface area (Å²) in [6, 6.07) is 25.9. The molecule has 66 heavy (non-hydrogen) atoms. The number of sulfonamides is 1. The molecule has 346 valence electrons. The third-order valence-electron chi connectivity index (χ3n) is 10.6. The largest absolute Gasteiger partial charge is 0.497 e. The number of methoxy groups -OCH3 is 3. The van der Waals surface area contributed by atoms with Crippen molar-refractivity contribution in [2.24, 2.45) is 5.73 Å². The Hall–Kier alpha value is -7.10. The summed E-state index contributed by atoms with van der Waals surface area (Å²) in [4.78, 5) is 30.5. The molecule has 0 saturated carbocycles. The first-order chi connectivity index (χ1) is 31.3. The fourth-order valence-corrected chi connectivity index (χ4v) is 11.2. The molecule has 3 heterocycles. The van der Waals surface area contributed by atoms with Crippen LogP contribution in [-0.2, 0) is 44.2 Å². The molecule has 0 bridgehead atoms. The normalized spacial score (nSPS) is 13.3. The zero-order valence-electron chi connectivity index (χ0n) is 37.0. The van der Waals surface area contributed by atoms with Crippen LogP contribution in [0.5, 0.6) is 17.2 Å². The number of carbonyl (C=O) groups is 2. The fraction of sp³-hybridized carbons (Fsp3) is 0.289. The van der Waals surface area contributed by atoms with Crippen LogP contribution in [0.1, 0.15) is 48.0 Å². The number of primary amides is 1. The average molecular weight is 940 g/mol. The van der Waals surface area contributed by atoms with Gasteiger partial charge in [-0.3, -0.25) is 4.79 Å². The smallest absolute Gasteiger partial charge is 0.410 e. The molecular formula is C45H49N9O10S2. The Bertz CT molecular complexity index is 2920. The van der Waals surface area contributed by atoms with Crippen molar-refractivity contribution in [2.75, 3.05) is 40.2 Å². The van der Waals surface area contributed by atoms with E-state index in [1.807, 2.05) is 0 Å². The highest BCUT2D eigenvalue weighted by atomic mass is 32.2. The van der Waals surface area contributed by atoms with Crippen molar-refractivity contribution in [1.29, 1.82) is 0 Å². The van der Waals surface area contributed by atoms with Gasteiger partial charge in [-0.25, -0.2) is 26.6 Å². The number of anilines is 1. The number of sulfone groups is 1. The number of likely N-dealkylation sites (tertiary alicyclic amines) is 1. The van der Waals surface area contributed by atoms with Gasteiger partial charge in [0.15, 0.2) is 9.84 Å². The van der Waals surface area contributed by atoms with E-state index in [1.54, 1.807) is 101 Å². The Balaban J connectivity index is 1.48. The van der Waals surface area contributed by atoms with E-state index >= 15 is 16.8 Å². The predicted octanol–water partition coefficient (Wildman–Crippen LogP) is 4.94. The summed E-state index contributed by atoms with van der Waals surface area (Å²) < 4.78 is 84.8. The number of rotatable bonds is 16. The molecule has 21 heteroatoms. The van der Waals surface area contributed by atoms with E-state index in [4.69, 9.17) is 30.4 Å². The molecule has 2 amide bonds. The number of hydrogen-bond acceptors (Lipinski definition) is 15. The first-order valence-corrected chi connectivity index (χ1v) is 23.4. The van der Waals surface area contributed by atoms with Crippen molar-refractivity contribution in [2.45, 2.75) is 61.0 Å². The van der Waals surface area contributed by atoms with Gasteiger partial charge in [0.1, 0.15) is 44.5 Å². The number of carbonyl (C=O) groups excluding carboxylic acids is 2. The van der Waals surface area contributed by atoms with Gasteiger partial charge < -0.3 is 35.3 Å². The second-order valence-electron chi connectivity index (χ2n) is 16.3. The van der Waals surface area contributed by atoms with Crippen molar-refractivity contribution in [3.8, 4) is 39.8 Å². The van der Waals surface area contributed by atoms with Crippen LogP contribution in [0.3, 0.4) is 0 Å². The van der Waals surface area contributed by atoms with Crippen LogP contribution in [0.2, 0.25) is 0 Å². The average Bonchev–Trinajstić information content (AvgIpc) is 3.73. The number of nitrogen functional groups attached to an aromatic ring is 1. The quantitative estimate of drug-likeness (QED) is 0.130. The summed E-state index contributed by atoms with van der Waals surface area (Å²) in [7, 11) is -5.06. The lowest BCUT2D eigenvalue weighted by Crippen LogP contribution is -2.57. The van der Waals surface area contributed by atoms with Gasteiger partial charge in [-0.05, 0) is 103 Å². The maximum Gasteiger partial charge on any atom is 0.410 e. The topological polar surface area (TPSA) is 254 Å². The lowest BCUT2D eigenvalue weighted by atomic mass is 9.99. The first kappa shape index (κ1) is 46.9. The van der Waals surface area contributed by atoms with Gasteiger partial charge in [0.2, 0.25) is 15.8 Å². The number of nitrogens with two attached hydrogens (primary N) is 2. The van der Waals surface area contributed by atoms with Crippen LogP contribution in [-0.4, -0.2) is 109 Å². The molecule has 0 aliphatic carbocycles. The lowest BCUT2D eigenvalue weighted by molar-refractivity contribution is 0.0138. The van der Waals surface area contributed by atoms with Crippen LogP contribution in [0.25, 0.3) is 22.5 Å². The second kappa shape index (κ2) is 18.8. The van der Waals surface area contributed by atoms with E-state index in [9.17, 15) is 9.59 Å². The van der Waals surface area contributed by atoms with Crippen molar-refractivity contribution in [1.82, 2.24) is 34.4 Å². The molecule has 4 aromatic carbocycles. The summed E-state index contributed by atoms with van der Waals surface area (Å²) >= 11 is 0. The first-order valence-electron chi connectivity index (χ1n) is 20.4. The fourth-order valence-electron chi connectivity index (χ4n) is 7.15. The van der Waals surface area contributed by atoms with E-state index in [-0.39, 0.29) is 66.8 Å². The lowest BCUT2D eigenvalue weighted by Gasteiger charge is -2.39. The number of tetrazole rings is 1. The van der Waals surface area contributed by atoms with Gasteiger partial charge >= 0.3 is 6.09 Å².